The van der Waals surface area contributed by atoms with Crippen LogP contribution in [0.3, 0.4) is 0 Å². The number of carbonyl (C=O) groups is 3. The molecule has 0 saturated heterocycles. The second-order valence-corrected chi connectivity index (χ2v) is 10.2. The van der Waals surface area contributed by atoms with Crippen molar-refractivity contribution in [2.24, 2.45) is 5.73 Å². The van der Waals surface area contributed by atoms with Crippen molar-refractivity contribution >= 4 is 35.1 Å². The van der Waals surface area contributed by atoms with Crippen LogP contribution in [0.2, 0.25) is 5.15 Å². The second kappa shape index (κ2) is 11.4. The highest BCUT2D eigenvalue weighted by Gasteiger charge is 2.25. The predicted octanol–water partition coefficient (Wildman–Crippen LogP) is 4.54. The molecular weight excluding hydrogens is 518 g/mol. The summed E-state index contributed by atoms with van der Waals surface area (Å²) in [5.74, 6) is -0.296. The molecule has 0 unspecified atom stereocenters. The van der Waals surface area contributed by atoms with E-state index in [1.165, 1.54) is 7.11 Å². The molecule has 0 saturated carbocycles. The lowest BCUT2D eigenvalue weighted by atomic mass is 10.0. The summed E-state index contributed by atoms with van der Waals surface area (Å²) in [7, 11) is 1.33. The summed E-state index contributed by atoms with van der Waals surface area (Å²) >= 11 is 6.61. The van der Waals surface area contributed by atoms with Crippen LogP contribution in [0.25, 0.3) is 11.3 Å². The Kier molecular flexibility index (Phi) is 7.81. The van der Waals surface area contributed by atoms with Crippen LogP contribution < -0.4 is 16.4 Å². The number of benzene rings is 2. The van der Waals surface area contributed by atoms with Gasteiger partial charge >= 0.3 is 5.97 Å². The number of nitrogens with zero attached hydrogens (tertiary/aromatic N) is 1. The van der Waals surface area contributed by atoms with Crippen molar-refractivity contribution in [2.75, 3.05) is 12.4 Å². The van der Waals surface area contributed by atoms with Gasteiger partial charge in [-0.1, -0.05) is 42.0 Å². The Morgan fingerprint density at radius 3 is 2.85 bits per heavy atom. The maximum atomic E-state index is 13.3. The average molecular weight is 548 g/mol. The number of ether oxygens (including phenoxy) is 1. The maximum absolute atomic E-state index is 13.3. The van der Waals surface area contributed by atoms with Crippen LogP contribution in [0.1, 0.15) is 70.6 Å². The van der Waals surface area contributed by atoms with Gasteiger partial charge < -0.3 is 26.1 Å². The molecule has 2 aliphatic rings. The molecule has 1 aliphatic carbocycles. The van der Waals surface area contributed by atoms with Gasteiger partial charge in [-0.2, -0.15) is 0 Å². The van der Waals surface area contributed by atoms with E-state index in [0.717, 1.165) is 24.0 Å². The van der Waals surface area contributed by atoms with Crippen LogP contribution in [0.4, 0.5) is 5.69 Å². The van der Waals surface area contributed by atoms with E-state index in [2.05, 4.69) is 15.6 Å². The standard InChI is InChI=1S/C29H30ClN5O4/c1-39-25(37)14-16-7-10-20-23(13-16)32-24(36)6-4-2-3-5-22(28-34-26(20)27(30)35-28)33-29(38)18-8-11-19-17(15-18)9-12-21(19)31/h2-3,7-8,10-11,13,15,21-22H,4-6,9,12,14,31H2,1H3,(H,32,36)(H,33,38)(H,34,35)/b3-2+/t21-,22+/m1/s1. The number of nitrogens with one attached hydrogen (secondary N) is 3. The van der Waals surface area contributed by atoms with Crippen LogP contribution in [-0.2, 0) is 27.2 Å². The molecule has 5 N–H and O–H groups in total. The normalized spacial score (nSPS) is 19.4. The van der Waals surface area contributed by atoms with Crippen LogP contribution >= 0.6 is 11.6 Å². The number of H-pyrrole nitrogens is 1. The third-order valence-electron chi connectivity index (χ3n) is 7.11. The SMILES string of the molecule is COC(=O)Cc1ccc2c(c1)NC(=O)CC/C=C/C[C@H](NC(=O)c1ccc3c(c1)CC[C@H]3N)c1nc-2c(Cl)[nH]1. The lowest BCUT2D eigenvalue weighted by Gasteiger charge is -2.16. The molecule has 1 aliphatic heterocycles. The van der Waals surface area contributed by atoms with E-state index < -0.39 is 6.04 Å². The highest BCUT2D eigenvalue weighted by atomic mass is 35.5. The van der Waals surface area contributed by atoms with E-state index in [1.807, 2.05) is 24.3 Å². The van der Waals surface area contributed by atoms with Crippen molar-refractivity contribution in [1.82, 2.24) is 15.3 Å². The number of fused-ring (bicyclic) bond motifs is 5. The van der Waals surface area contributed by atoms with Gasteiger partial charge in [-0.25, -0.2) is 4.98 Å². The number of rotatable bonds is 4. The maximum Gasteiger partial charge on any atom is 0.309 e. The highest BCUT2D eigenvalue weighted by Crippen LogP contribution is 2.35. The summed E-state index contributed by atoms with van der Waals surface area (Å²) in [5.41, 5.74) is 11.1. The molecule has 0 fully saturated rings. The number of nitrogens with two attached hydrogens (primary N) is 1. The Morgan fingerprint density at radius 2 is 2.03 bits per heavy atom. The van der Waals surface area contributed by atoms with Crippen molar-refractivity contribution in [3.05, 3.63) is 81.8 Å². The van der Waals surface area contributed by atoms with Gasteiger partial charge in [-0.15, -0.1) is 0 Å². The Bertz CT molecular complexity index is 1460. The molecule has 9 nitrogen and oxygen atoms in total. The van der Waals surface area contributed by atoms with Gasteiger partial charge in [-0.3, -0.25) is 14.4 Å². The molecule has 5 rings (SSSR count). The number of hydrogen-bond donors (Lipinski definition) is 4. The van der Waals surface area contributed by atoms with Crippen LogP contribution in [0.5, 0.6) is 0 Å². The zero-order valence-electron chi connectivity index (χ0n) is 21.6. The molecular formula is C29H30ClN5O4. The van der Waals surface area contributed by atoms with Gasteiger partial charge in [-0.05, 0) is 60.6 Å². The fraction of sp³-hybridized carbons (Fsp3) is 0.310. The molecule has 10 heteroatoms. The van der Waals surface area contributed by atoms with Gasteiger partial charge in [0.2, 0.25) is 5.91 Å². The van der Waals surface area contributed by atoms with E-state index in [0.29, 0.717) is 46.7 Å². The first-order valence-electron chi connectivity index (χ1n) is 12.9. The van der Waals surface area contributed by atoms with E-state index in [1.54, 1.807) is 24.3 Å². The highest BCUT2D eigenvalue weighted by molar-refractivity contribution is 6.32. The van der Waals surface area contributed by atoms with E-state index in [9.17, 15) is 14.4 Å². The zero-order chi connectivity index (χ0) is 27.5. The molecule has 2 bridgehead atoms. The number of hydrogen-bond acceptors (Lipinski definition) is 6. The summed E-state index contributed by atoms with van der Waals surface area (Å²) in [5, 5.41) is 6.29. The lowest BCUT2D eigenvalue weighted by Crippen LogP contribution is -2.29. The van der Waals surface area contributed by atoms with Gasteiger partial charge in [0, 0.05) is 23.6 Å². The molecule has 2 heterocycles. The van der Waals surface area contributed by atoms with Gasteiger partial charge in [0.15, 0.2) is 0 Å². The van der Waals surface area contributed by atoms with Crippen molar-refractivity contribution in [1.29, 1.82) is 0 Å². The molecule has 1 aromatic heterocycles. The number of halogens is 1. The summed E-state index contributed by atoms with van der Waals surface area (Å²) in [6.07, 6.45) is 6.88. The summed E-state index contributed by atoms with van der Waals surface area (Å²) < 4.78 is 4.78. The first-order valence-corrected chi connectivity index (χ1v) is 13.3. The molecule has 0 radical (unpaired) electrons. The number of esters is 1. The van der Waals surface area contributed by atoms with Crippen LogP contribution in [0.15, 0.2) is 48.6 Å². The van der Waals surface area contributed by atoms with Gasteiger partial charge in [0.05, 0.1) is 25.3 Å². The minimum atomic E-state index is -0.484. The molecule has 2 amide bonds. The Balaban J connectivity index is 1.47. The van der Waals surface area contributed by atoms with E-state index in [4.69, 9.17) is 27.1 Å². The number of aromatic nitrogens is 2. The quantitative estimate of drug-likeness (QED) is 0.279. The summed E-state index contributed by atoms with van der Waals surface area (Å²) in [6.45, 7) is 0. The van der Waals surface area contributed by atoms with E-state index in [-0.39, 0.29) is 41.8 Å². The number of aryl methyl sites for hydroxylation is 1. The molecule has 0 spiro atoms. The third-order valence-corrected chi connectivity index (χ3v) is 7.38. The molecule has 2 aromatic carbocycles. The lowest BCUT2D eigenvalue weighted by molar-refractivity contribution is -0.139. The molecule has 202 valence electrons. The van der Waals surface area contributed by atoms with Crippen molar-refractivity contribution < 1.29 is 19.1 Å². The van der Waals surface area contributed by atoms with E-state index >= 15 is 0 Å². The minimum absolute atomic E-state index is 0.0158. The van der Waals surface area contributed by atoms with Crippen molar-refractivity contribution in [2.45, 2.75) is 50.6 Å². The first-order chi connectivity index (χ1) is 18.8. The first kappa shape index (κ1) is 26.6. The minimum Gasteiger partial charge on any atom is -0.469 e. The summed E-state index contributed by atoms with van der Waals surface area (Å²) in [6, 6.07) is 10.4. The zero-order valence-corrected chi connectivity index (χ0v) is 22.3. The van der Waals surface area contributed by atoms with Crippen molar-refractivity contribution in [3.63, 3.8) is 0 Å². The Labute approximate surface area is 231 Å². The summed E-state index contributed by atoms with van der Waals surface area (Å²) in [4.78, 5) is 45.7. The average Bonchev–Trinajstić information content (AvgIpc) is 3.49. The number of methoxy groups -OCH3 is 1. The number of aromatic amines is 1. The number of imidazole rings is 1. The second-order valence-electron chi connectivity index (χ2n) is 9.80. The number of anilines is 1. The van der Waals surface area contributed by atoms with Crippen molar-refractivity contribution in [3.8, 4) is 11.3 Å². The Hall–Kier alpha value is -3.95. The van der Waals surface area contributed by atoms with Crippen LogP contribution in [-0.4, -0.2) is 34.9 Å². The van der Waals surface area contributed by atoms with Crippen LogP contribution in [0, 0.1) is 0 Å². The molecule has 2 atom stereocenters. The monoisotopic (exact) mass is 547 g/mol. The number of amides is 2. The largest absolute Gasteiger partial charge is 0.469 e. The fourth-order valence-corrected chi connectivity index (χ4v) is 5.25. The topological polar surface area (TPSA) is 139 Å². The number of carbonyl (C=O) groups excluding carboxylic acids is 3. The Morgan fingerprint density at radius 1 is 1.18 bits per heavy atom. The molecule has 3 aromatic rings. The predicted molar refractivity (Wildman–Crippen MR) is 148 cm³/mol. The number of allylic oxidation sites excluding steroid dienone is 1. The fourth-order valence-electron chi connectivity index (χ4n) is 5.01. The molecule has 39 heavy (non-hydrogen) atoms. The van der Waals surface area contributed by atoms with Gasteiger partial charge in [0.1, 0.15) is 16.7 Å². The van der Waals surface area contributed by atoms with Gasteiger partial charge in [0.25, 0.3) is 5.91 Å². The third kappa shape index (κ3) is 5.89. The smallest absolute Gasteiger partial charge is 0.309 e.